The van der Waals surface area contributed by atoms with Gasteiger partial charge in [0.15, 0.2) is 0 Å². The fourth-order valence-electron chi connectivity index (χ4n) is 2.71. The van der Waals surface area contributed by atoms with E-state index in [4.69, 9.17) is 0 Å². The molecule has 1 aromatic carbocycles. The number of hydrogen-bond acceptors (Lipinski definition) is 2. The van der Waals surface area contributed by atoms with Gasteiger partial charge in [-0.1, -0.05) is 23.8 Å². The summed E-state index contributed by atoms with van der Waals surface area (Å²) in [7, 11) is 4.29. The molecule has 2 heteroatoms. The van der Waals surface area contributed by atoms with Crippen molar-refractivity contribution in [3.05, 3.63) is 34.9 Å². The fraction of sp³-hybridized carbons (Fsp3) is 0.600. The molecule has 0 atom stereocenters. The first-order chi connectivity index (χ1) is 8.16. The molecule has 2 nitrogen and oxygen atoms in total. The van der Waals surface area contributed by atoms with Gasteiger partial charge in [0, 0.05) is 6.54 Å². The lowest BCUT2D eigenvalue weighted by Gasteiger charge is -2.26. The Balaban J connectivity index is 2.25. The molecule has 0 aromatic heterocycles. The van der Waals surface area contributed by atoms with Gasteiger partial charge < -0.3 is 10.2 Å². The molecule has 2 rings (SSSR count). The first-order valence-electron chi connectivity index (χ1n) is 6.61. The Labute approximate surface area is 105 Å². The minimum atomic E-state index is 0.756. The maximum atomic E-state index is 3.45. The first kappa shape index (κ1) is 12.6. The van der Waals surface area contributed by atoms with Crippen molar-refractivity contribution >= 4 is 0 Å². The quantitative estimate of drug-likeness (QED) is 0.861. The molecule has 1 aliphatic rings. The minimum absolute atomic E-state index is 0.756. The van der Waals surface area contributed by atoms with Gasteiger partial charge in [-0.05, 0) is 64.0 Å². The number of rotatable bonds is 3. The summed E-state index contributed by atoms with van der Waals surface area (Å²) in [6.07, 6.45) is 2.56. The summed E-state index contributed by atoms with van der Waals surface area (Å²) in [4.78, 5) is 2.26. The lowest BCUT2D eigenvalue weighted by Crippen LogP contribution is -2.27. The highest BCUT2D eigenvalue weighted by Gasteiger charge is 2.18. The van der Waals surface area contributed by atoms with Crippen molar-refractivity contribution in [2.24, 2.45) is 0 Å². The van der Waals surface area contributed by atoms with Gasteiger partial charge in [0.05, 0.1) is 0 Å². The third-order valence-corrected chi connectivity index (χ3v) is 3.57. The van der Waals surface area contributed by atoms with E-state index in [1.807, 2.05) is 0 Å². The summed E-state index contributed by atoms with van der Waals surface area (Å²) in [6.45, 7) is 5.59. The molecule has 0 amide bonds. The van der Waals surface area contributed by atoms with E-state index in [0.29, 0.717) is 0 Å². The van der Waals surface area contributed by atoms with Crippen LogP contribution < -0.4 is 5.32 Å². The predicted octanol–water partition coefficient (Wildman–Crippen LogP) is 2.52. The van der Waals surface area contributed by atoms with Crippen molar-refractivity contribution in [2.45, 2.75) is 32.2 Å². The number of benzene rings is 1. The van der Waals surface area contributed by atoms with E-state index in [1.165, 1.54) is 37.1 Å². The van der Waals surface area contributed by atoms with Gasteiger partial charge in [0.1, 0.15) is 0 Å². The number of nitrogens with one attached hydrogen (secondary N) is 1. The molecular formula is C15H24N2. The SMILES string of the molecule is Cc1ccc(CN(C)C)c(C2CCNCC2)c1. The van der Waals surface area contributed by atoms with E-state index in [1.54, 1.807) is 5.56 Å². The minimum Gasteiger partial charge on any atom is -0.317 e. The average Bonchev–Trinajstić information content (AvgIpc) is 2.32. The zero-order valence-electron chi connectivity index (χ0n) is 11.3. The van der Waals surface area contributed by atoms with Crippen LogP contribution in [0, 0.1) is 6.92 Å². The lowest BCUT2D eigenvalue weighted by molar-refractivity contribution is 0.394. The molecule has 1 heterocycles. The van der Waals surface area contributed by atoms with Crippen molar-refractivity contribution in [3.8, 4) is 0 Å². The van der Waals surface area contributed by atoms with E-state index in [-0.39, 0.29) is 0 Å². The Morgan fingerprint density at radius 1 is 1.24 bits per heavy atom. The van der Waals surface area contributed by atoms with Gasteiger partial charge in [-0.15, -0.1) is 0 Å². The molecule has 1 aliphatic heterocycles. The lowest BCUT2D eigenvalue weighted by atomic mass is 9.86. The summed E-state index contributed by atoms with van der Waals surface area (Å²) >= 11 is 0. The van der Waals surface area contributed by atoms with Crippen LogP contribution in [0.25, 0.3) is 0 Å². The van der Waals surface area contributed by atoms with Crippen LogP contribution in [0.5, 0.6) is 0 Å². The van der Waals surface area contributed by atoms with Crippen LogP contribution in [0.2, 0.25) is 0 Å². The van der Waals surface area contributed by atoms with E-state index < -0.39 is 0 Å². The highest BCUT2D eigenvalue weighted by atomic mass is 15.0. The Kier molecular flexibility index (Phi) is 4.19. The standard InChI is InChI=1S/C15H24N2/c1-12-4-5-14(11-17(2)3)15(10-12)13-6-8-16-9-7-13/h4-5,10,13,16H,6-9,11H2,1-3H3. The van der Waals surface area contributed by atoms with Crippen LogP contribution >= 0.6 is 0 Å². The van der Waals surface area contributed by atoms with Crippen molar-refractivity contribution in [1.29, 1.82) is 0 Å². The maximum Gasteiger partial charge on any atom is 0.0230 e. The second kappa shape index (κ2) is 5.65. The monoisotopic (exact) mass is 232 g/mol. The van der Waals surface area contributed by atoms with Crippen LogP contribution in [0.3, 0.4) is 0 Å². The summed E-state index contributed by atoms with van der Waals surface area (Å²) < 4.78 is 0. The van der Waals surface area contributed by atoms with Crippen molar-refractivity contribution < 1.29 is 0 Å². The Hall–Kier alpha value is -0.860. The second-order valence-electron chi connectivity index (χ2n) is 5.46. The Bertz CT molecular complexity index is 365. The van der Waals surface area contributed by atoms with Gasteiger partial charge in [0.2, 0.25) is 0 Å². The normalized spacial score (nSPS) is 17.6. The molecule has 1 saturated heterocycles. The Morgan fingerprint density at radius 2 is 1.94 bits per heavy atom. The van der Waals surface area contributed by atoms with Gasteiger partial charge in [-0.3, -0.25) is 0 Å². The van der Waals surface area contributed by atoms with E-state index >= 15 is 0 Å². The van der Waals surface area contributed by atoms with Crippen LogP contribution in [-0.4, -0.2) is 32.1 Å². The predicted molar refractivity (Wildman–Crippen MR) is 73.4 cm³/mol. The molecular weight excluding hydrogens is 208 g/mol. The highest BCUT2D eigenvalue weighted by Crippen LogP contribution is 2.29. The summed E-state index contributed by atoms with van der Waals surface area (Å²) in [5.41, 5.74) is 4.48. The first-order valence-corrected chi connectivity index (χ1v) is 6.61. The van der Waals surface area contributed by atoms with E-state index in [2.05, 4.69) is 49.4 Å². The van der Waals surface area contributed by atoms with Gasteiger partial charge in [-0.2, -0.15) is 0 Å². The molecule has 94 valence electrons. The van der Waals surface area contributed by atoms with E-state index in [0.717, 1.165) is 12.5 Å². The van der Waals surface area contributed by atoms with Crippen LogP contribution in [-0.2, 0) is 6.54 Å². The summed E-state index contributed by atoms with van der Waals surface area (Å²) in [5, 5.41) is 3.45. The van der Waals surface area contributed by atoms with Gasteiger partial charge in [0.25, 0.3) is 0 Å². The molecule has 0 spiro atoms. The van der Waals surface area contributed by atoms with Crippen LogP contribution in [0.1, 0.15) is 35.4 Å². The number of nitrogens with zero attached hydrogens (tertiary/aromatic N) is 1. The summed E-state index contributed by atoms with van der Waals surface area (Å²) in [6, 6.07) is 6.95. The molecule has 0 aliphatic carbocycles. The van der Waals surface area contributed by atoms with Crippen molar-refractivity contribution in [1.82, 2.24) is 10.2 Å². The smallest absolute Gasteiger partial charge is 0.0230 e. The highest BCUT2D eigenvalue weighted by molar-refractivity contribution is 5.34. The van der Waals surface area contributed by atoms with E-state index in [9.17, 15) is 0 Å². The zero-order valence-corrected chi connectivity index (χ0v) is 11.3. The average molecular weight is 232 g/mol. The Morgan fingerprint density at radius 3 is 2.59 bits per heavy atom. The molecule has 0 radical (unpaired) electrons. The molecule has 17 heavy (non-hydrogen) atoms. The topological polar surface area (TPSA) is 15.3 Å². The fourth-order valence-corrected chi connectivity index (χ4v) is 2.71. The molecule has 1 N–H and O–H groups in total. The largest absolute Gasteiger partial charge is 0.317 e. The van der Waals surface area contributed by atoms with Crippen molar-refractivity contribution in [3.63, 3.8) is 0 Å². The molecule has 0 saturated carbocycles. The number of piperidine rings is 1. The number of hydrogen-bond donors (Lipinski definition) is 1. The molecule has 1 aromatic rings. The van der Waals surface area contributed by atoms with Crippen molar-refractivity contribution in [2.75, 3.05) is 27.2 Å². The summed E-state index contributed by atoms with van der Waals surface area (Å²) in [5.74, 6) is 0.756. The maximum absolute atomic E-state index is 3.45. The van der Waals surface area contributed by atoms with Gasteiger partial charge in [-0.25, -0.2) is 0 Å². The third-order valence-electron chi connectivity index (χ3n) is 3.57. The van der Waals surface area contributed by atoms with Crippen LogP contribution in [0.4, 0.5) is 0 Å². The third kappa shape index (κ3) is 3.30. The zero-order chi connectivity index (χ0) is 12.3. The number of aryl methyl sites for hydroxylation is 1. The van der Waals surface area contributed by atoms with Gasteiger partial charge >= 0.3 is 0 Å². The van der Waals surface area contributed by atoms with Crippen LogP contribution in [0.15, 0.2) is 18.2 Å². The molecule has 0 unspecified atom stereocenters. The molecule has 0 bridgehead atoms. The molecule has 1 fully saturated rings. The second-order valence-corrected chi connectivity index (χ2v) is 5.46.